The van der Waals surface area contributed by atoms with Crippen molar-refractivity contribution in [3.63, 3.8) is 0 Å². The molecule has 0 amide bonds. The van der Waals surface area contributed by atoms with Crippen molar-refractivity contribution in [1.29, 1.82) is 0 Å². The average molecular weight is 342 g/mol. The second kappa shape index (κ2) is 7.83. The molecule has 2 heteroatoms. The van der Waals surface area contributed by atoms with Crippen molar-refractivity contribution in [2.24, 2.45) is 0 Å². The predicted molar refractivity (Wildman–Crippen MR) is 108 cm³/mol. The Hall–Kier alpha value is -3.13. The number of aryl methyl sites for hydroxylation is 2. The van der Waals surface area contributed by atoms with E-state index in [1.54, 1.807) is 13.2 Å². The van der Waals surface area contributed by atoms with Gasteiger partial charge in [-0.05, 0) is 59.9 Å². The lowest BCUT2D eigenvalue weighted by molar-refractivity contribution is 0.104. The van der Waals surface area contributed by atoms with Crippen LogP contribution < -0.4 is 4.74 Å². The second-order valence-electron chi connectivity index (χ2n) is 6.32. The molecule has 2 nitrogen and oxygen atoms in total. The highest BCUT2D eigenvalue weighted by Gasteiger charge is 2.07. The second-order valence-corrected chi connectivity index (χ2v) is 6.32. The molecule has 0 radical (unpaired) electrons. The lowest BCUT2D eigenvalue weighted by Crippen LogP contribution is -1.94. The Labute approximate surface area is 154 Å². The van der Waals surface area contributed by atoms with Crippen molar-refractivity contribution < 1.29 is 9.53 Å². The molecular weight excluding hydrogens is 320 g/mol. The van der Waals surface area contributed by atoms with Gasteiger partial charge in [-0.2, -0.15) is 0 Å². The molecule has 0 bridgehead atoms. The van der Waals surface area contributed by atoms with Crippen molar-refractivity contribution in [3.05, 3.63) is 95.1 Å². The summed E-state index contributed by atoms with van der Waals surface area (Å²) in [5, 5.41) is 0. The van der Waals surface area contributed by atoms with Crippen LogP contribution in [0.4, 0.5) is 0 Å². The zero-order chi connectivity index (χ0) is 18.5. The third-order valence-electron chi connectivity index (χ3n) is 4.49. The first kappa shape index (κ1) is 17.7. The van der Waals surface area contributed by atoms with Gasteiger partial charge >= 0.3 is 0 Å². The molecule has 3 aromatic carbocycles. The molecule has 3 aromatic rings. The lowest BCUT2D eigenvalue weighted by atomic mass is 9.94. The van der Waals surface area contributed by atoms with Gasteiger partial charge in [-0.15, -0.1) is 0 Å². The largest absolute Gasteiger partial charge is 0.497 e. The van der Waals surface area contributed by atoms with Gasteiger partial charge in [0.25, 0.3) is 0 Å². The van der Waals surface area contributed by atoms with Gasteiger partial charge in [0.15, 0.2) is 5.78 Å². The molecule has 0 spiro atoms. The van der Waals surface area contributed by atoms with E-state index in [0.717, 1.165) is 22.4 Å². The van der Waals surface area contributed by atoms with Crippen LogP contribution in [0.3, 0.4) is 0 Å². The quantitative estimate of drug-likeness (QED) is 0.428. The van der Waals surface area contributed by atoms with Crippen LogP contribution in [0.2, 0.25) is 0 Å². The van der Waals surface area contributed by atoms with Crippen molar-refractivity contribution >= 4 is 11.9 Å². The average Bonchev–Trinajstić information content (AvgIpc) is 2.69. The number of ether oxygens (including phenoxy) is 1. The van der Waals surface area contributed by atoms with Crippen LogP contribution in [-0.2, 0) is 0 Å². The van der Waals surface area contributed by atoms with E-state index in [9.17, 15) is 4.79 Å². The van der Waals surface area contributed by atoms with E-state index in [1.807, 2.05) is 48.5 Å². The molecule has 0 heterocycles. The van der Waals surface area contributed by atoms with E-state index < -0.39 is 0 Å². The zero-order valence-electron chi connectivity index (χ0n) is 15.3. The maximum Gasteiger partial charge on any atom is 0.185 e. The molecule has 0 fully saturated rings. The molecule has 0 saturated carbocycles. The molecule has 0 unspecified atom stereocenters. The third-order valence-corrected chi connectivity index (χ3v) is 4.49. The topological polar surface area (TPSA) is 26.3 Å². The van der Waals surface area contributed by atoms with Crippen molar-refractivity contribution in [1.82, 2.24) is 0 Å². The van der Waals surface area contributed by atoms with Crippen LogP contribution in [-0.4, -0.2) is 12.9 Å². The molecule has 3 rings (SSSR count). The highest BCUT2D eigenvalue weighted by atomic mass is 16.5. The molecule has 130 valence electrons. The number of methoxy groups -OCH3 is 1. The summed E-state index contributed by atoms with van der Waals surface area (Å²) in [6.07, 6.45) is 3.54. The van der Waals surface area contributed by atoms with Crippen molar-refractivity contribution in [2.45, 2.75) is 13.8 Å². The number of carbonyl (C=O) groups is 1. The monoisotopic (exact) mass is 342 g/mol. The van der Waals surface area contributed by atoms with E-state index in [0.29, 0.717) is 5.56 Å². The lowest BCUT2D eigenvalue weighted by Gasteiger charge is -2.11. The van der Waals surface area contributed by atoms with Gasteiger partial charge in [-0.1, -0.05) is 60.7 Å². The van der Waals surface area contributed by atoms with Crippen LogP contribution in [0.15, 0.2) is 72.8 Å². The van der Waals surface area contributed by atoms with Crippen LogP contribution in [0.1, 0.15) is 27.0 Å². The standard InChI is InChI=1S/C24H22O2/c1-17-16-23(19-9-12-22(26-3)13-10-19)18(2)15-21(17)11-14-24(25)20-7-5-4-6-8-20/h4-16H,1-3H3/b14-11+. The van der Waals surface area contributed by atoms with Crippen LogP contribution >= 0.6 is 0 Å². The first-order chi connectivity index (χ1) is 12.6. The van der Waals surface area contributed by atoms with Gasteiger partial charge < -0.3 is 4.74 Å². The number of rotatable bonds is 5. The Morgan fingerprint density at radius 1 is 0.885 bits per heavy atom. The number of allylic oxidation sites excluding steroid dienone is 1. The Bertz CT molecular complexity index is 936. The minimum Gasteiger partial charge on any atom is -0.497 e. The molecule has 0 N–H and O–H groups in total. The molecule has 0 aliphatic rings. The van der Waals surface area contributed by atoms with E-state index in [4.69, 9.17) is 4.74 Å². The summed E-state index contributed by atoms with van der Waals surface area (Å²) in [7, 11) is 1.67. The van der Waals surface area contributed by atoms with Gasteiger partial charge in [0.1, 0.15) is 5.75 Å². The molecule has 0 aliphatic carbocycles. The molecule has 26 heavy (non-hydrogen) atoms. The highest BCUT2D eigenvalue weighted by molar-refractivity contribution is 6.06. The molecule has 0 atom stereocenters. The first-order valence-electron chi connectivity index (χ1n) is 8.61. The number of hydrogen-bond donors (Lipinski definition) is 0. The first-order valence-corrected chi connectivity index (χ1v) is 8.61. The van der Waals surface area contributed by atoms with E-state index in [-0.39, 0.29) is 5.78 Å². The van der Waals surface area contributed by atoms with Crippen molar-refractivity contribution in [2.75, 3.05) is 7.11 Å². The summed E-state index contributed by atoms with van der Waals surface area (Å²) in [4.78, 5) is 12.3. The van der Waals surface area contributed by atoms with E-state index in [2.05, 4.69) is 38.1 Å². The maximum atomic E-state index is 12.3. The summed E-state index contributed by atoms with van der Waals surface area (Å²) in [6.45, 7) is 4.16. The summed E-state index contributed by atoms with van der Waals surface area (Å²) in [5.74, 6) is 0.865. The summed E-state index contributed by atoms with van der Waals surface area (Å²) in [5.41, 5.74) is 6.42. The smallest absolute Gasteiger partial charge is 0.185 e. The molecule has 0 aliphatic heterocycles. The van der Waals surface area contributed by atoms with Gasteiger partial charge in [-0.25, -0.2) is 0 Å². The fourth-order valence-corrected chi connectivity index (χ4v) is 2.96. The van der Waals surface area contributed by atoms with Gasteiger partial charge in [-0.3, -0.25) is 4.79 Å². The van der Waals surface area contributed by atoms with Crippen molar-refractivity contribution in [3.8, 4) is 16.9 Å². The molecule has 0 saturated heterocycles. The normalized spacial score (nSPS) is 10.9. The fraction of sp³-hybridized carbons (Fsp3) is 0.125. The molecular formula is C24H22O2. The van der Waals surface area contributed by atoms with Gasteiger partial charge in [0, 0.05) is 5.56 Å². The Morgan fingerprint density at radius 3 is 2.23 bits per heavy atom. The van der Waals surface area contributed by atoms with Crippen LogP contribution in [0, 0.1) is 13.8 Å². The number of carbonyl (C=O) groups excluding carboxylic acids is 1. The SMILES string of the molecule is COc1ccc(-c2cc(C)c(/C=C/C(=O)c3ccccc3)cc2C)cc1. The van der Waals surface area contributed by atoms with Gasteiger partial charge in [0.2, 0.25) is 0 Å². The zero-order valence-corrected chi connectivity index (χ0v) is 15.3. The summed E-state index contributed by atoms with van der Waals surface area (Å²) < 4.78 is 5.23. The Kier molecular flexibility index (Phi) is 5.33. The highest BCUT2D eigenvalue weighted by Crippen LogP contribution is 2.28. The number of ketones is 1. The van der Waals surface area contributed by atoms with Crippen LogP contribution in [0.25, 0.3) is 17.2 Å². The fourth-order valence-electron chi connectivity index (χ4n) is 2.96. The summed E-state index contributed by atoms with van der Waals surface area (Å²) >= 11 is 0. The Morgan fingerprint density at radius 2 is 1.58 bits per heavy atom. The minimum atomic E-state index is 0.0156. The number of hydrogen-bond acceptors (Lipinski definition) is 2. The molecule has 0 aromatic heterocycles. The van der Waals surface area contributed by atoms with Gasteiger partial charge in [0.05, 0.1) is 7.11 Å². The maximum absolute atomic E-state index is 12.3. The van der Waals surface area contributed by atoms with E-state index >= 15 is 0 Å². The predicted octanol–water partition coefficient (Wildman–Crippen LogP) is 5.88. The van der Waals surface area contributed by atoms with Crippen LogP contribution in [0.5, 0.6) is 5.75 Å². The number of benzene rings is 3. The summed E-state index contributed by atoms with van der Waals surface area (Å²) in [6, 6.07) is 21.7. The third kappa shape index (κ3) is 3.92. The van der Waals surface area contributed by atoms with E-state index in [1.165, 1.54) is 11.1 Å². The minimum absolute atomic E-state index is 0.0156. The Balaban J connectivity index is 1.87.